The van der Waals surface area contributed by atoms with Gasteiger partial charge in [-0.05, 0) is 56.2 Å². The molecule has 3 aromatic rings. The van der Waals surface area contributed by atoms with Crippen molar-refractivity contribution in [2.45, 2.75) is 39.5 Å². The van der Waals surface area contributed by atoms with Crippen LogP contribution in [0.25, 0.3) is 5.69 Å². The summed E-state index contributed by atoms with van der Waals surface area (Å²) in [5.41, 5.74) is 2.31. The molecule has 0 bridgehead atoms. The second kappa shape index (κ2) is 10.8. The highest BCUT2D eigenvalue weighted by molar-refractivity contribution is 6.30. The number of hydrogen-bond acceptors (Lipinski definition) is 5. The van der Waals surface area contributed by atoms with Crippen molar-refractivity contribution in [3.63, 3.8) is 0 Å². The summed E-state index contributed by atoms with van der Waals surface area (Å²) < 4.78 is 7.17. The third-order valence-corrected chi connectivity index (χ3v) is 6.36. The third kappa shape index (κ3) is 5.44. The van der Waals surface area contributed by atoms with Crippen LogP contribution >= 0.6 is 11.6 Å². The number of carbonyl (C=O) groups excluding carboxylic acids is 2. The Morgan fingerprint density at radius 1 is 1.18 bits per heavy atom. The molecule has 2 aromatic heterocycles. The number of nitrogens with zero attached hydrogens (tertiary/aromatic N) is 3. The van der Waals surface area contributed by atoms with Crippen LogP contribution in [0.15, 0.2) is 47.1 Å². The van der Waals surface area contributed by atoms with Gasteiger partial charge in [-0.25, -0.2) is 4.68 Å². The normalized spacial score (nSPS) is 14.3. The maximum Gasteiger partial charge on any atom is 0.224 e. The molecule has 0 aliphatic carbocycles. The van der Waals surface area contributed by atoms with E-state index in [1.165, 1.54) is 0 Å². The van der Waals surface area contributed by atoms with Crippen LogP contribution in [-0.4, -0.2) is 41.2 Å². The van der Waals surface area contributed by atoms with Gasteiger partial charge in [-0.15, -0.1) is 0 Å². The number of anilines is 2. The molecule has 1 aromatic carbocycles. The second-order valence-corrected chi connectivity index (χ2v) is 8.89. The highest BCUT2D eigenvalue weighted by atomic mass is 35.5. The van der Waals surface area contributed by atoms with Crippen molar-refractivity contribution in [1.82, 2.24) is 15.1 Å². The first-order chi connectivity index (χ1) is 16.5. The quantitative estimate of drug-likeness (QED) is 0.497. The molecule has 4 rings (SSSR count). The maximum absolute atomic E-state index is 12.7. The lowest BCUT2D eigenvalue weighted by Crippen LogP contribution is -2.42. The molecule has 0 radical (unpaired) electrons. The summed E-state index contributed by atoms with van der Waals surface area (Å²) in [6, 6.07) is 11.2. The number of benzene rings is 1. The van der Waals surface area contributed by atoms with Gasteiger partial charge in [-0.1, -0.05) is 18.5 Å². The lowest BCUT2D eigenvalue weighted by Gasteiger charge is -2.33. The average Bonchev–Trinajstić information content (AvgIpc) is 3.47. The fraction of sp³-hybridized carbons (Fsp3) is 0.400. The van der Waals surface area contributed by atoms with Crippen LogP contribution in [0, 0.1) is 12.8 Å². The SMILES string of the molecule is CCC(=O)Nc1c(C)nn(-c2ccc(Cl)cc2)c1N1CCC(C(=O)NCCc2ccco2)CC1. The van der Waals surface area contributed by atoms with Crippen molar-refractivity contribution in [2.24, 2.45) is 5.92 Å². The molecular weight excluding hydrogens is 454 g/mol. The monoisotopic (exact) mass is 483 g/mol. The van der Waals surface area contributed by atoms with Crippen molar-refractivity contribution in [3.8, 4) is 5.69 Å². The van der Waals surface area contributed by atoms with Gasteiger partial charge >= 0.3 is 0 Å². The van der Waals surface area contributed by atoms with E-state index < -0.39 is 0 Å². The molecule has 0 atom stereocenters. The van der Waals surface area contributed by atoms with E-state index in [0.717, 1.165) is 35.8 Å². The van der Waals surface area contributed by atoms with E-state index in [1.54, 1.807) is 6.26 Å². The largest absolute Gasteiger partial charge is 0.469 e. The van der Waals surface area contributed by atoms with Crippen molar-refractivity contribution >= 4 is 34.9 Å². The average molecular weight is 484 g/mol. The van der Waals surface area contributed by atoms with Crippen LogP contribution in [0.4, 0.5) is 11.5 Å². The van der Waals surface area contributed by atoms with Crippen molar-refractivity contribution < 1.29 is 14.0 Å². The molecular formula is C25H30ClN5O3. The minimum absolute atomic E-state index is 0.0467. The zero-order valence-electron chi connectivity index (χ0n) is 19.5. The van der Waals surface area contributed by atoms with Gasteiger partial charge in [-0.3, -0.25) is 9.59 Å². The predicted octanol–water partition coefficient (Wildman–Crippen LogP) is 4.35. The Kier molecular flexibility index (Phi) is 7.57. The first-order valence-electron chi connectivity index (χ1n) is 11.7. The highest BCUT2D eigenvalue weighted by Gasteiger charge is 2.30. The standard InChI is InChI=1S/C25H30ClN5O3/c1-3-22(32)28-23-17(2)29-31(20-8-6-19(26)7-9-20)25(23)30-14-11-18(12-15-30)24(33)27-13-10-21-5-4-16-34-21/h4-9,16,18H,3,10-15H2,1-2H3,(H,27,33)(H,28,32). The van der Waals surface area contributed by atoms with Crippen molar-refractivity contribution in [2.75, 3.05) is 29.9 Å². The molecule has 9 heteroatoms. The zero-order chi connectivity index (χ0) is 24.1. The number of halogens is 1. The number of aromatic nitrogens is 2. The number of nitrogens with one attached hydrogen (secondary N) is 2. The molecule has 8 nitrogen and oxygen atoms in total. The Balaban J connectivity index is 1.48. The van der Waals surface area contributed by atoms with Gasteiger partial charge in [0, 0.05) is 43.4 Å². The van der Waals surface area contributed by atoms with Crippen molar-refractivity contribution in [3.05, 3.63) is 59.1 Å². The van der Waals surface area contributed by atoms with Crippen molar-refractivity contribution in [1.29, 1.82) is 0 Å². The van der Waals surface area contributed by atoms with Crippen LogP contribution in [0.3, 0.4) is 0 Å². The number of rotatable bonds is 8. The van der Waals surface area contributed by atoms with Crippen LogP contribution in [0.2, 0.25) is 5.02 Å². The highest BCUT2D eigenvalue weighted by Crippen LogP contribution is 2.35. The Bertz CT molecular complexity index is 1120. The summed E-state index contributed by atoms with van der Waals surface area (Å²) in [5.74, 6) is 1.66. The molecule has 0 saturated carbocycles. The van der Waals surface area contributed by atoms with E-state index in [-0.39, 0.29) is 17.7 Å². The molecule has 180 valence electrons. The Morgan fingerprint density at radius 2 is 1.91 bits per heavy atom. The third-order valence-electron chi connectivity index (χ3n) is 6.11. The van der Waals surface area contributed by atoms with Gasteiger partial charge in [0.25, 0.3) is 0 Å². The molecule has 1 aliphatic rings. The minimum Gasteiger partial charge on any atom is -0.469 e. The number of piperidine rings is 1. The summed E-state index contributed by atoms with van der Waals surface area (Å²) in [6.45, 7) is 5.64. The fourth-order valence-electron chi connectivity index (χ4n) is 4.21. The van der Waals surface area contributed by atoms with Gasteiger partial charge < -0.3 is 20.0 Å². The zero-order valence-corrected chi connectivity index (χ0v) is 20.3. The second-order valence-electron chi connectivity index (χ2n) is 8.46. The van der Waals surface area contributed by atoms with E-state index in [4.69, 9.17) is 21.1 Å². The van der Waals surface area contributed by atoms with Gasteiger partial charge in [-0.2, -0.15) is 5.10 Å². The predicted molar refractivity (Wildman–Crippen MR) is 133 cm³/mol. The molecule has 1 fully saturated rings. The smallest absolute Gasteiger partial charge is 0.224 e. The Labute approximate surface area is 204 Å². The number of aryl methyl sites for hydroxylation is 1. The summed E-state index contributed by atoms with van der Waals surface area (Å²) >= 11 is 6.08. The van der Waals surface area contributed by atoms with Crippen LogP contribution in [-0.2, 0) is 16.0 Å². The summed E-state index contributed by atoms with van der Waals surface area (Å²) in [7, 11) is 0. The molecule has 1 aliphatic heterocycles. The number of amides is 2. The maximum atomic E-state index is 12.7. The lowest BCUT2D eigenvalue weighted by molar-refractivity contribution is -0.125. The van der Waals surface area contributed by atoms with Crippen LogP contribution < -0.4 is 15.5 Å². The number of carbonyl (C=O) groups is 2. The minimum atomic E-state index is -0.0640. The van der Waals surface area contributed by atoms with E-state index in [2.05, 4.69) is 15.5 Å². The van der Waals surface area contributed by atoms with Gasteiger partial charge in [0.05, 0.1) is 17.6 Å². The summed E-state index contributed by atoms with van der Waals surface area (Å²) in [6.07, 6.45) is 4.14. The molecule has 34 heavy (non-hydrogen) atoms. The molecule has 3 heterocycles. The number of hydrogen-bond donors (Lipinski definition) is 2. The molecule has 0 unspecified atom stereocenters. The van der Waals surface area contributed by atoms with Gasteiger partial charge in [0.1, 0.15) is 11.4 Å². The van der Waals surface area contributed by atoms with Crippen LogP contribution in [0.1, 0.15) is 37.6 Å². The molecule has 2 N–H and O–H groups in total. The Morgan fingerprint density at radius 3 is 2.56 bits per heavy atom. The van der Waals surface area contributed by atoms with E-state index >= 15 is 0 Å². The van der Waals surface area contributed by atoms with Gasteiger partial charge in [0.2, 0.25) is 11.8 Å². The first-order valence-corrected chi connectivity index (χ1v) is 12.0. The van der Waals surface area contributed by atoms with E-state index in [9.17, 15) is 9.59 Å². The summed E-state index contributed by atoms with van der Waals surface area (Å²) in [5, 5.41) is 11.4. The van der Waals surface area contributed by atoms with E-state index in [1.807, 2.05) is 54.9 Å². The van der Waals surface area contributed by atoms with E-state index in [0.29, 0.717) is 43.2 Å². The Hall–Kier alpha value is -3.26. The lowest BCUT2D eigenvalue weighted by atomic mass is 9.95. The van der Waals surface area contributed by atoms with Gasteiger partial charge in [0.15, 0.2) is 5.82 Å². The molecule has 0 spiro atoms. The molecule has 2 amide bonds. The van der Waals surface area contributed by atoms with Crippen LogP contribution in [0.5, 0.6) is 0 Å². The topological polar surface area (TPSA) is 92.4 Å². The number of furan rings is 1. The summed E-state index contributed by atoms with van der Waals surface area (Å²) in [4.78, 5) is 27.1. The fourth-order valence-corrected chi connectivity index (χ4v) is 4.33. The first kappa shape index (κ1) is 23.9. The molecule has 1 saturated heterocycles.